The quantitative estimate of drug-likeness (QED) is 0.852. The summed E-state index contributed by atoms with van der Waals surface area (Å²) in [6, 6.07) is 3.42. The molecule has 3 heteroatoms. The number of hydrogen-bond donors (Lipinski definition) is 1. The average Bonchev–Trinajstić information content (AvgIpc) is 3.12. The number of hydrogen-bond acceptors (Lipinski definition) is 3. The summed E-state index contributed by atoms with van der Waals surface area (Å²) in [5.41, 5.74) is 3.84. The molecule has 0 bridgehead atoms. The van der Waals surface area contributed by atoms with Crippen LogP contribution in [0.4, 0.5) is 5.82 Å². The maximum absolute atomic E-state index is 4.81. The number of nitrogens with one attached hydrogen (secondary N) is 1. The van der Waals surface area contributed by atoms with Crippen molar-refractivity contribution in [3.8, 4) is 0 Å². The lowest BCUT2D eigenvalue weighted by molar-refractivity contribution is 0.656. The van der Waals surface area contributed by atoms with Crippen molar-refractivity contribution in [2.45, 2.75) is 66.1 Å². The highest BCUT2D eigenvalue weighted by Gasteiger charge is 2.22. The molecule has 1 aliphatic carbocycles. The molecule has 0 radical (unpaired) electrons. The van der Waals surface area contributed by atoms with E-state index in [1.165, 1.54) is 29.8 Å². The van der Waals surface area contributed by atoms with E-state index in [0.717, 1.165) is 24.8 Å². The zero-order valence-electron chi connectivity index (χ0n) is 13.0. The molecule has 1 saturated carbocycles. The summed E-state index contributed by atoms with van der Waals surface area (Å²) < 4.78 is 0. The van der Waals surface area contributed by atoms with Gasteiger partial charge in [0, 0.05) is 36.4 Å². The first-order chi connectivity index (χ1) is 9.02. The molecule has 3 nitrogen and oxygen atoms in total. The van der Waals surface area contributed by atoms with Gasteiger partial charge in [-0.15, -0.1) is 0 Å². The monoisotopic (exact) mass is 261 g/mol. The Balaban J connectivity index is 2.31. The third-order valence-corrected chi connectivity index (χ3v) is 3.83. The minimum atomic E-state index is 0.485. The van der Waals surface area contributed by atoms with E-state index in [9.17, 15) is 0 Å². The fourth-order valence-electron chi connectivity index (χ4n) is 2.59. The van der Waals surface area contributed by atoms with Gasteiger partial charge >= 0.3 is 0 Å². The van der Waals surface area contributed by atoms with E-state index in [-0.39, 0.29) is 0 Å². The van der Waals surface area contributed by atoms with Crippen LogP contribution < -0.4 is 10.2 Å². The summed E-state index contributed by atoms with van der Waals surface area (Å²) in [7, 11) is 0. The van der Waals surface area contributed by atoms with Crippen molar-refractivity contribution in [1.29, 1.82) is 0 Å². The first-order valence-electron chi connectivity index (χ1n) is 7.50. The largest absolute Gasteiger partial charge is 0.354 e. The van der Waals surface area contributed by atoms with Gasteiger partial charge in [0.05, 0.1) is 0 Å². The predicted molar refractivity (Wildman–Crippen MR) is 81.7 cm³/mol. The highest BCUT2D eigenvalue weighted by molar-refractivity contribution is 5.52. The molecule has 1 fully saturated rings. The molecule has 2 rings (SSSR count). The van der Waals surface area contributed by atoms with Crippen LogP contribution >= 0.6 is 0 Å². The summed E-state index contributed by atoms with van der Waals surface area (Å²) in [5, 5.41) is 3.62. The van der Waals surface area contributed by atoms with E-state index in [0.29, 0.717) is 6.04 Å². The first-order valence-corrected chi connectivity index (χ1v) is 7.50. The Labute approximate surface area is 117 Å². The highest BCUT2D eigenvalue weighted by Crippen LogP contribution is 2.26. The van der Waals surface area contributed by atoms with Gasteiger partial charge in [-0.3, -0.25) is 0 Å². The van der Waals surface area contributed by atoms with Gasteiger partial charge in [0.15, 0.2) is 0 Å². The Morgan fingerprint density at radius 1 is 1.37 bits per heavy atom. The van der Waals surface area contributed by atoms with Crippen LogP contribution in [0.5, 0.6) is 0 Å². The van der Waals surface area contributed by atoms with Gasteiger partial charge < -0.3 is 10.2 Å². The molecule has 19 heavy (non-hydrogen) atoms. The zero-order chi connectivity index (χ0) is 14.0. The molecule has 0 aliphatic heterocycles. The lowest BCUT2D eigenvalue weighted by Crippen LogP contribution is -2.33. The Hall–Kier alpha value is -1.09. The second kappa shape index (κ2) is 5.91. The number of aryl methyl sites for hydroxylation is 2. The molecule has 0 amide bonds. The van der Waals surface area contributed by atoms with E-state index in [2.05, 4.69) is 50.9 Å². The van der Waals surface area contributed by atoms with Crippen molar-refractivity contribution in [3.05, 3.63) is 22.9 Å². The molecule has 0 unspecified atom stereocenters. The number of nitrogens with zero attached hydrogens (tertiary/aromatic N) is 2. The summed E-state index contributed by atoms with van der Waals surface area (Å²) >= 11 is 0. The third-order valence-electron chi connectivity index (χ3n) is 3.83. The minimum absolute atomic E-state index is 0.485. The van der Waals surface area contributed by atoms with Crippen molar-refractivity contribution < 1.29 is 0 Å². The molecular formula is C16H27N3. The molecule has 0 aromatic carbocycles. The first kappa shape index (κ1) is 14.3. The number of pyridine rings is 1. The van der Waals surface area contributed by atoms with E-state index in [1.54, 1.807) is 0 Å². The Kier molecular flexibility index (Phi) is 4.46. The van der Waals surface area contributed by atoms with E-state index >= 15 is 0 Å². The molecular weight excluding hydrogens is 234 g/mol. The van der Waals surface area contributed by atoms with Crippen LogP contribution in [0, 0.1) is 13.8 Å². The van der Waals surface area contributed by atoms with Crippen molar-refractivity contribution in [2.75, 3.05) is 11.4 Å². The zero-order valence-corrected chi connectivity index (χ0v) is 13.0. The van der Waals surface area contributed by atoms with Crippen LogP contribution in [-0.2, 0) is 6.54 Å². The maximum atomic E-state index is 4.81. The Morgan fingerprint density at radius 2 is 2.05 bits per heavy atom. The van der Waals surface area contributed by atoms with E-state index < -0.39 is 0 Å². The standard InChI is InChI=1S/C16H27N3/c1-6-19(11(2)3)16-15(10-17-14-7-8-14)12(4)9-13(5)18-16/h9,11,14,17H,6-8,10H2,1-5H3. The molecule has 106 valence electrons. The SMILES string of the molecule is CCN(c1nc(C)cc(C)c1CNC1CC1)C(C)C. The van der Waals surface area contributed by atoms with Gasteiger partial charge in [0.25, 0.3) is 0 Å². The molecule has 1 aromatic heterocycles. The highest BCUT2D eigenvalue weighted by atomic mass is 15.2. The molecule has 0 atom stereocenters. The van der Waals surface area contributed by atoms with Crippen LogP contribution in [0.1, 0.15) is 50.4 Å². The summed E-state index contributed by atoms with van der Waals surface area (Å²) in [4.78, 5) is 7.20. The van der Waals surface area contributed by atoms with E-state index in [1.807, 2.05) is 0 Å². The van der Waals surface area contributed by atoms with Crippen LogP contribution in [-0.4, -0.2) is 23.6 Å². The number of aromatic nitrogens is 1. The Morgan fingerprint density at radius 3 is 2.58 bits per heavy atom. The van der Waals surface area contributed by atoms with Crippen LogP contribution in [0.2, 0.25) is 0 Å². The Bertz CT molecular complexity index is 436. The van der Waals surface area contributed by atoms with Crippen LogP contribution in [0.3, 0.4) is 0 Å². The second-order valence-electron chi connectivity index (χ2n) is 5.92. The lowest BCUT2D eigenvalue weighted by Gasteiger charge is -2.29. The molecule has 1 heterocycles. The molecule has 0 saturated heterocycles. The smallest absolute Gasteiger partial charge is 0.133 e. The summed E-state index contributed by atoms with van der Waals surface area (Å²) in [6.45, 7) is 12.9. The van der Waals surface area contributed by atoms with Crippen molar-refractivity contribution in [2.24, 2.45) is 0 Å². The topological polar surface area (TPSA) is 28.2 Å². The fourth-order valence-corrected chi connectivity index (χ4v) is 2.59. The number of rotatable bonds is 6. The fraction of sp³-hybridized carbons (Fsp3) is 0.688. The van der Waals surface area contributed by atoms with Crippen LogP contribution in [0.25, 0.3) is 0 Å². The predicted octanol–water partition coefficient (Wildman–Crippen LogP) is 3.19. The lowest BCUT2D eigenvalue weighted by atomic mass is 10.1. The molecule has 1 N–H and O–H groups in total. The average molecular weight is 261 g/mol. The molecule has 1 aliphatic rings. The second-order valence-corrected chi connectivity index (χ2v) is 5.92. The summed E-state index contributed by atoms with van der Waals surface area (Å²) in [5.74, 6) is 1.17. The van der Waals surface area contributed by atoms with E-state index in [4.69, 9.17) is 4.98 Å². The van der Waals surface area contributed by atoms with Gasteiger partial charge in [-0.05, 0) is 59.1 Å². The van der Waals surface area contributed by atoms with Crippen LogP contribution in [0.15, 0.2) is 6.07 Å². The van der Waals surface area contributed by atoms with Gasteiger partial charge in [-0.25, -0.2) is 4.98 Å². The third kappa shape index (κ3) is 3.47. The van der Waals surface area contributed by atoms with Gasteiger partial charge in [-0.1, -0.05) is 0 Å². The molecule has 0 spiro atoms. The maximum Gasteiger partial charge on any atom is 0.133 e. The van der Waals surface area contributed by atoms with Crippen molar-refractivity contribution >= 4 is 5.82 Å². The summed E-state index contributed by atoms with van der Waals surface area (Å²) in [6.07, 6.45) is 2.66. The number of anilines is 1. The van der Waals surface area contributed by atoms with Gasteiger partial charge in [0.1, 0.15) is 5.82 Å². The van der Waals surface area contributed by atoms with Gasteiger partial charge in [-0.2, -0.15) is 0 Å². The van der Waals surface area contributed by atoms with Gasteiger partial charge in [0.2, 0.25) is 0 Å². The minimum Gasteiger partial charge on any atom is -0.354 e. The van der Waals surface area contributed by atoms with Crippen molar-refractivity contribution in [1.82, 2.24) is 10.3 Å². The normalized spacial score (nSPS) is 15.1. The molecule has 1 aromatic rings. The van der Waals surface area contributed by atoms with Crippen molar-refractivity contribution in [3.63, 3.8) is 0 Å².